The maximum atomic E-state index is 11.6. The smallest absolute Gasteiger partial charge is 0.179 e. The van der Waals surface area contributed by atoms with Crippen LogP contribution in [0.5, 0.6) is 5.75 Å². The number of nitrogens with one attached hydrogen (secondary N) is 1. The van der Waals surface area contributed by atoms with Gasteiger partial charge >= 0.3 is 0 Å². The van der Waals surface area contributed by atoms with Crippen molar-refractivity contribution in [2.45, 2.75) is 11.4 Å². The summed E-state index contributed by atoms with van der Waals surface area (Å²) in [6.07, 6.45) is 1.20. The standard InChI is InChI=1S/C13H20N2O3S/c1-18-12-9-11(3-4-13(12)19(2,16)17)10-15-7-5-14-6-8-15/h3-4,9,14H,5-8,10H2,1-2H3. The topological polar surface area (TPSA) is 58.6 Å². The van der Waals surface area contributed by atoms with Gasteiger partial charge in [-0.15, -0.1) is 0 Å². The van der Waals surface area contributed by atoms with Gasteiger partial charge in [0.2, 0.25) is 0 Å². The van der Waals surface area contributed by atoms with Crippen LogP contribution < -0.4 is 10.1 Å². The zero-order valence-corrected chi connectivity index (χ0v) is 12.2. The third-order valence-corrected chi connectivity index (χ3v) is 4.38. The van der Waals surface area contributed by atoms with Crippen molar-refractivity contribution in [2.75, 3.05) is 39.5 Å². The molecule has 1 aromatic carbocycles. The van der Waals surface area contributed by atoms with Crippen LogP contribution >= 0.6 is 0 Å². The van der Waals surface area contributed by atoms with E-state index in [1.54, 1.807) is 6.07 Å². The largest absolute Gasteiger partial charge is 0.495 e. The van der Waals surface area contributed by atoms with E-state index in [0.717, 1.165) is 38.3 Å². The summed E-state index contributed by atoms with van der Waals surface area (Å²) in [7, 11) is -1.75. The summed E-state index contributed by atoms with van der Waals surface area (Å²) in [6.45, 7) is 4.84. The number of hydrogen-bond donors (Lipinski definition) is 1. The highest BCUT2D eigenvalue weighted by Crippen LogP contribution is 2.25. The Balaban J connectivity index is 2.19. The van der Waals surface area contributed by atoms with Gasteiger partial charge in [-0.2, -0.15) is 0 Å². The van der Waals surface area contributed by atoms with Gasteiger partial charge in [0.25, 0.3) is 0 Å². The van der Waals surface area contributed by atoms with E-state index >= 15 is 0 Å². The summed E-state index contributed by atoms with van der Waals surface area (Å²) >= 11 is 0. The molecular weight excluding hydrogens is 264 g/mol. The van der Waals surface area contributed by atoms with Crippen molar-refractivity contribution in [1.29, 1.82) is 0 Å². The Hall–Kier alpha value is -1.11. The van der Waals surface area contributed by atoms with E-state index < -0.39 is 9.84 Å². The average molecular weight is 284 g/mol. The molecule has 1 aliphatic rings. The van der Waals surface area contributed by atoms with Crippen molar-refractivity contribution in [3.8, 4) is 5.75 Å². The number of methoxy groups -OCH3 is 1. The lowest BCUT2D eigenvalue weighted by Gasteiger charge is -2.27. The molecular formula is C13H20N2O3S. The van der Waals surface area contributed by atoms with Crippen molar-refractivity contribution in [3.63, 3.8) is 0 Å². The van der Waals surface area contributed by atoms with Crippen LogP contribution in [-0.2, 0) is 16.4 Å². The minimum atomic E-state index is -3.24. The molecule has 1 N–H and O–H groups in total. The van der Waals surface area contributed by atoms with Gasteiger partial charge in [-0.1, -0.05) is 6.07 Å². The van der Waals surface area contributed by atoms with Gasteiger partial charge in [0, 0.05) is 39.0 Å². The van der Waals surface area contributed by atoms with Gasteiger partial charge in [0.05, 0.1) is 7.11 Å². The predicted molar refractivity (Wildman–Crippen MR) is 74.3 cm³/mol. The number of benzene rings is 1. The number of rotatable bonds is 4. The van der Waals surface area contributed by atoms with Crippen molar-refractivity contribution < 1.29 is 13.2 Å². The monoisotopic (exact) mass is 284 g/mol. The molecule has 0 spiro atoms. The van der Waals surface area contributed by atoms with Gasteiger partial charge < -0.3 is 10.1 Å². The molecule has 0 atom stereocenters. The molecule has 6 heteroatoms. The Kier molecular flexibility index (Phi) is 4.44. The van der Waals surface area contributed by atoms with Crippen molar-refractivity contribution in [3.05, 3.63) is 23.8 Å². The minimum Gasteiger partial charge on any atom is -0.495 e. The second kappa shape index (κ2) is 5.90. The molecule has 0 radical (unpaired) electrons. The Morgan fingerprint density at radius 3 is 2.58 bits per heavy atom. The van der Waals surface area contributed by atoms with Crippen LogP contribution in [0.2, 0.25) is 0 Å². The quantitative estimate of drug-likeness (QED) is 0.873. The molecule has 2 rings (SSSR count). The molecule has 1 saturated heterocycles. The Morgan fingerprint density at radius 1 is 1.32 bits per heavy atom. The zero-order valence-electron chi connectivity index (χ0n) is 11.3. The number of sulfone groups is 1. The highest BCUT2D eigenvalue weighted by Gasteiger charge is 2.16. The minimum absolute atomic E-state index is 0.249. The number of hydrogen-bond acceptors (Lipinski definition) is 5. The summed E-state index contributed by atoms with van der Waals surface area (Å²) in [4.78, 5) is 2.59. The molecule has 0 bridgehead atoms. The van der Waals surface area contributed by atoms with Crippen LogP contribution in [0.15, 0.2) is 23.1 Å². The second-order valence-electron chi connectivity index (χ2n) is 4.78. The van der Waals surface area contributed by atoms with Crippen LogP contribution in [-0.4, -0.2) is 52.9 Å². The molecule has 0 unspecified atom stereocenters. The molecule has 19 heavy (non-hydrogen) atoms. The van der Waals surface area contributed by atoms with Crippen molar-refractivity contribution in [1.82, 2.24) is 10.2 Å². The molecule has 0 saturated carbocycles. The molecule has 0 amide bonds. The van der Waals surface area contributed by atoms with E-state index in [0.29, 0.717) is 5.75 Å². The van der Waals surface area contributed by atoms with Crippen LogP contribution in [0, 0.1) is 0 Å². The lowest BCUT2D eigenvalue weighted by Crippen LogP contribution is -2.42. The number of piperazine rings is 1. The fraction of sp³-hybridized carbons (Fsp3) is 0.538. The lowest BCUT2D eigenvalue weighted by molar-refractivity contribution is 0.233. The van der Waals surface area contributed by atoms with E-state index in [1.807, 2.05) is 12.1 Å². The van der Waals surface area contributed by atoms with Crippen LogP contribution in [0.1, 0.15) is 5.56 Å². The fourth-order valence-corrected chi connectivity index (χ4v) is 3.07. The van der Waals surface area contributed by atoms with E-state index in [1.165, 1.54) is 13.4 Å². The Labute approximate surface area is 114 Å². The van der Waals surface area contributed by atoms with Crippen LogP contribution in [0.3, 0.4) is 0 Å². The normalized spacial score (nSPS) is 17.4. The molecule has 0 aromatic heterocycles. The maximum absolute atomic E-state index is 11.6. The van der Waals surface area contributed by atoms with Crippen molar-refractivity contribution in [2.24, 2.45) is 0 Å². The van der Waals surface area contributed by atoms with E-state index in [2.05, 4.69) is 10.2 Å². The average Bonchev–Trinajstić information content (AvgIpc) is 2.38. The van der Waals surface area contributed by atoms with Crippen LogP contribution in [0.4, 0.5) is 0 Å². The van der Waals surface area contributed by atoms with E-state index in [9.17, 15) is 8.42 Å². The molecule has 106 valence electrons. The van der Waals surface area contributed by atoms with Crippen molar-refractivity contribution >= 4 is 9.84 Å². The van der Waals surface area contributed by atoms with Gasteiger partial charge in [0.15, 0.2) is 9.84 Å². The molecule has 0 aliphatic carbocycles. The third kappa shape index (κ3) is 3.68. The summed E-state index contributed by atoms with van der Waals surface area (Å²) in [6, 6.07) is 5.31. The lowest BCUT2D eigenvalue weighted by atomic mass is 10.2. The first kappa shape index (κ1) is 14.3. The Morgan fingerprint density at radius 2 is 2.00 bits per heavy atom. The van der Waals surface area contributed by atoms with Gasteiger partial charge in [0.1, 0.15) is 10.6 Å². The third-order valence-electron chi connectivity index (χ3n) is 3.24. The first-order valence-corrected chi connectivity index (χ1v) is 8.20. The van der Waals surface area contributed by atoms with Gasteiger partial charge in [-0.3, -0.25) is 4.90 Å². The Bertz CT molecular complexity index is 537. The number of nitrogens with zero attached hydrogens (tertiary/aromatic N) is 1. The van der Waals surface area contributed by atoms with E-state index in [-0.39, 0.29) is 4.90 Å². The zero-order chi connectivity index (χ0) is 13.9. The summed E-state index contributed by atoms with van der Waals surface area (Å²) < 4.78 is 28.4. The van der Waals surface area contributed by atoms with Gasteiger partial charge in [-0.05, 0) is 17.7 Å². The highest BCUT2D eigenvalue weighted by molar-refractivity contribution is 7.90. The molecule has 5 nitrogen and oxygen atoms in total. The first-order chi connectivity index (χ1) is 9.00. The fourth-order valence-electron chi connectivity index (χ4n) is 2.24. The maximum Gasteiger partial charge on any atom is 0.179 e. The number of ether oxygens (including phenoxy) is 1. The predicted octanol–water partition coefficient (Wildman–Crippen LogP) is 0.504. The summed E-state index contributed by atoms with van der Waals surface area (Å²) in [5.74, 6) is 0.426. The van der Waals surface area contributed by atoms with Crippen LogP contribution in [0.25, 0.3) is 0 Å². The molecule has 1 aromatic rings. The van der Waals surface area contributed by atoms with E-state index in [4.69, 9.17) is 4.74 Å². The molecule has 1 fully saturated rings. The highest BCUT2D eigenvalue weighted by atomic mass is 32.2. The first-order valence-electron chi connectivity index (χ1n) is 6.31. The summed E-state index contributed by atoms with van der Waals surface area (Å²) in [5, 5.41) is 3.31. The molecule has 1 heterocycles. The second-order valence-corrected chi connectivity index (χ2v) is 6.77. The SMILES string of the molecule is COc1cc(CN2CCNCC2)ccc1S(C)(=O)=O. The van der Waals surface area contributed by atoms with Gasteiger partial charge in [-0.25, -0.2) is 8.42 Å². The summed E-state index contributed by atoms with van der Waals surface area (Å²) in [5.41, 5.74) is 1.08. The molecule has 1 aliphatic heterocycles.